The minimum atomic E-state index is -0.700. The summed E-state index contributed by atoms with van der Waals surface area (Å²) < 4.78 is 10.4. The van der Waals surface area contributed by atoms with Gasteiger partial charge < -0.3 is 30.3 Å². The van der Waals surface area contributed by atoms with Crippen LogP contribution in [0.15, 0.2) is 30.3 Å². The van der Waals surface area contributed by atoms with Crippen molar-refractivity contribution in [2.75, 3.05) is 26.7 Å². The summed E-state index contributed by atoms with van der Waals surface area (Å²) in [5, 5.41) is 8.04. The van der Waals surface area contributed by atoms with Gasteiger partial charge >= 0.3 is 12.2 Å². The van der Waals surface area contributed by atoms with Crippen molar-refractivity contribution < 1.29 is 28.7 Å². The van der Waals surface area contributed by atoms with E-state index in [2.05, 4.69) is 16.0 Å². The molecule has 1 atom stereocenters. The molecular weight excluding hydrogens is 440 g/mol. The Morgan fingerprint density at radius 3 is 2.29 bits per heavy atom. The maximum atomic E-state index is 12.5. The fourth-order valence-corrected chi connectivity index (χ4v) is 2.88. The standard InChI is InChI=1S/C24H38N4O6/c1-18(29)27-20(13-9-10-14-26-22(31)34-24(2,3)4)21(30)25-15-16-28(5)23(32)33-17-19-11-7-6-8-12-19/h6-8,11-12,20H,9-10,13-17H2,1-5H3,(H,25,30)(H,26,31)(H,27,29)/t20-/m0/s1. The van der Waals surface area contributed by atoms with Crippen molar-refractivity contribution >= 4 is 24.0 Å². The van der Waals surface area contributed by atoms with Crippen molar-refractivity contribution in [1.29, 1.82) is 0 Å². The highest BCUT2D eigenvalue weighted by molar-refractivity contribution is 5.86. The van der Waals surface area contributed by atoms with Gasteiger partial charge in [0.2, 0.25) is 11.8 Å². The maximum Gasteiger partial charge on any atom is 0.409 e. The summed E-state index contributed by atoms with van der Waals surface area (Å²) in [5.74, 6) is -0.644. The lowest BCUT2D eigenvalue weighted by Crippen LogP contribution is -2.47. The number of hydrogen-bond donors (Lipinski definition) is 3. The van der Waals surface area contributed by atoms with E-state index in [0.29, 0.717) is 25.8 Å². The summed E-state index contributed by atoms with van der Waals surface area (Å²) in [7, 11) is 1.59. The van der Waals surface area contributed by atoms with Gasteiger partial charge in [-0.1, -0.05) is 30.3 Å². The van der Waals surface area contributed by atoms with Gasteiger partial charge in [-0.05, 0) is 45.6 Å². The number of nitrogens with zero attached hydrogens (tertiary/aromatic N) is 1. The lowest BCUT2D eigenvalue weighted by molar-refractivity contribution is -0.128. The second kappa shape index (κ2) is 14.8. The van der Waals surface area contributed by atoms with Crippen LogP contribution in [0.25, 0.3) is 0 Å². The number of rotatable bonds is 12. The summed E-state index contributed by atoms with van der Waals surface area (Å²) in [6.07, 6.45) is 0.665. The van der Waals surface area contributed by atoms with Gasteiger partial charge in [0.25, 0.3) is 0 Å². The van der Waals surface area contributed by atoms with E-state index >= 15 is 0 Å². The number of unbranched alkanes of at least 4 members (excludes halogenated alkanes) is 1. The Balaban J connectivity index is 2.33. The largest absolute Gasteiger partial charge is 0.445 e. The van der Waals surface area contributed by atoms with Crippen molar-refractivity contribution in [1.82, 2.24) is 20.9 Å². The summed E-state index contributed by atoms with van der Waals surface area (Å²) in [6, 6.07) is 8.65. The molecule has 34 heavy (non-hydrogen) atoms. The summed E-state index contributed by atoms with van der Waals surface area (Å²) in [6.45, 7) is 7.75. The van der Waals surface area contributed by atoms with Crippen molar-refractivity contribution in [2.45, 2.75) is 65.2 Å². The van der Waals surface area contributed by atoms with Crippen LogP contribution in [0.4, 0.5) is 9.59 Å². The highest BCUT2D eigenvalue weighted by atomic mass is 16.6. The molecule has 190 valence electrons. The van der Waals surface area contributed by atoms with Crippen LogP contribution in [0.3, 0.4) is 0 Å². The molecule has 0 radical (unpaired) electrons. The number of amides is 4. The molecule has 0 bridgehead atoms. The molecule has 0 saturated heterocycles. The van der Waals surface area contributed by atoms with Crippen LogP contribution in [0.5, 0.6) is 0 Å². The average Bonchev–Trinajstić information content (AvgIpc) is 2.75. The molecule has 1 aromatic rings. The summed E-state index contributed by atoms with van der Waals surface area (Å²) in [5.41, 5.74) is 0.322. The van der Waals surface area contributed by atoms with E-state index in [9.17, 15) is 19.2 Å². The minimum absolute atomic E-state index is 0.170. The quantitative estimate of drug-likeness (QED) is 0.397. The van der Waals surface area contributed by atoms with E-state index in [1.165, 1.54) is 11.8 Å². The van der Waals surface area contributed by atoms with E-state index in [1.54, 1.807) is 27.8 Å². The molecule has 4 amide bonds. The van der Waals surface area contributed by atoms with Crippen LogP contribution in [0, 0.1) is 0 Å². The Labute approximate surface area is 201 Å². The van der Waals surface area contributed by atoms with Crippen LogP contribution in [0.1, 0.15) is 52.5 Å². The first-order valence-electron chi connectivity index (χ1n) is 11.4. The second-order valence-corrected chi connectivity index (χ2v) is 8.93. The van der Waals surface area contributed by atoms with E-state index in [-0.39, 0.29) is 31.5 Å². The lowest BCUT2D eigenvalue weighted by atomic mass is 10.1. The third-order valence-electron chi connectivity index (χ3n) is 4.55. The zero-order valence-electron chi connectivity index (χ0n) is 20.8. The average molecular weight is 479 g/mol. The van der Waals surface area contributed by atoms with Crippen molar-refractivity contribution in [3.8, 4) is 0 Å². The number of carbonyl (C=O) groups excluding carboxylic acids is 4. The molecule has 1 aromatic carbocycles. The van der Waals surface area contributed by atoms with E-state index in [4.69, 9.17) is 9.47 Å². The first kappa shape index (κ1) is 28.7. The number of ether oxygens (including phenoxy) is 2. The predicted octanol–water partition coefficient (Wildman–Crippen LogP) is 2.57. The first-order valence-corrected chi connectivity index (χ1v) is 11.4. The molecule has 0 aliphatic rings. The van der Waals surface area contributed by atoms with Gasteiger partial charge in [0.1, 0.15) is 18.2 Å². The third kappa shape index (κ3) is 13.3. The van der Waals surface area contributed by atoms with Crippen molar-refractivity contribution in [2.24, 2.45) is 0 Å². The maximum absolute atomic E-state index is 12.5. The van der Waals surface area contributed by atoms with Gasteiger partial charge in [-0.2, -0.15) is 0 Å². The predicted molar refractivity (Wildman–Crippen MR) is 128 cm³/mol. The molecule has 0 aliphatic carbocycles. The lowest BCUT2D eigenvalue weighted by Gasteiger charge is -2.21. The smallest absolute Gasteiger partial charge is 0.409 e. The van der Waals surface area contributed by atoms with Crippen molar-refractivity contribution in [3.05, 3.63) is 35.9 Å². The molecule has 0 spiro atoms. The molecule has 0 fully saturated rings. The normalized spacial score (nSPS) is 11.7. The summed E-state index contributed by atoms with van der Waals surface area (Å²) in [4.78, 5) is 49.1. The number of hydrogen-bond acceptors (Lipinski definition) is 6. The fourth-order valence-electron chi connectivity index (χ4n) is 2.88. The van der Waals surface area contributed by atoms with Crippen LogP contribution < -0.4 is 16.0 Å². The third-order valence-corrected chi connectivity index (χ3v) is 4.55. The van der Waals surface area contributed by atoms with Crippen LogP contribution in [0.2, 0.25) is 0 Å². The monoisotopic (exact) mass is 478 g/mol. The Morgan fingerprint density at radius 1 is 1.00 bits per heavy atom. The molecule has 10 heteroatoms. The molecule has 0 aromatic heterocycles. The van der Waals surface area contributed by atoms with Gasteiger partial charge in [-0.15, -0.1) is 0 Å². The Kier molecular flexibility index (Phi) is 12.5. The fraction of sp³-hybridized carbons (Fsp3) is 0.583. The number of benzene rings is 1. The Morgan fingerprint density at radius 2 is 1.68 bits per heavy atom. The highest BCUT2D eigenvalue weighted by Crippen LogP contribution is 2.07. The molecule has 3 N–H and O–H groups in total. The summed E-state index contributed by atoms with van der Waals surface area (Å²) >= 11 is 0. The van der Waals surface area contributed by atoms with E-state index < -0.39 is 23.8 Å². The van der Waals surface area contributed by atoms with Crippen molar-refractivity contribution in [3.63, 3.8) is 0 Å². The highest BCUT2D eigenvalue weighted by Gasteiger charge is 2.20. The van der Waals surface area contributed by atoms with Gasteiger partial charge in [-0.25, -0.2) is 9.59 Å². The van der Waals surface area contributed by atoms with Gasteiger partial charge in [-0.3, -0.25) is 9.59 Å². The van der Waals surface area contributed by atoms with E-state index in [1.807, 2.05) is 30.3 Å². The number of alkyl carbamates (subject to hydrolysis) is 1. The SMILES string of the molecule is CC(=O)N[C@@H](CCCCNC(=O)OC(C)(C)C)C(=O)NCCN(C)C(=O)OCc1ccccc1. The molecule has 0 aliphatic heterocycles. The van der Waals surface area contributed by atoms with Gasteiger partial charge in [0, 0.05) is 33.6 Å². The number of likely N-dealkylation sites (N-methyl/N-ethyl adjacent to an activating group) is 1. The number of nitrogens with one attached hydrogen (secondary N) is 3. The molecular formula is C24H38N4O6. The Hall–Kier alpha value is -3.30. The van der Waals surface area contributed by atoms with Crippen LogP contribution in [-0.2, 0) is 25.7 Å². The minimum Gasteiger partial charge on any atom is -0.445 e. The zero-order chi connectivity index (χ0) is 25.6. The number of carbonyl (C=O) groups is 4. The van der Waals surface area contributed by atoms with E-state index in [0.717, 1.165) is 5.56 Å². The first-order chi connectivity index (χ1) is 16.0. The van der Waals surface area contributed by atoms with Crippen LogP contribution in [-0.4, -0.2) is 67.2 Å². The molecule has 0 heterocycles. The molecule has 0 saturated carbocycles. The molecule has 10 nitrogen and oxygen atoms in total. The van der Waals surface area contributed by atoms with Crippen LogP contribution >= 0.6 is 0 Å². The Bertz CT molecular complexity index is 794. The second-order valence-electron chi connectivity index (χ2n) is 8.93. The topological polar surface area (TPSA) is 126 Å². The zero-order valence-corrected chi connectivity index (χ0v) is 20.8. The molecule has 0 unspecified atom stereocenters. The molecule has 1 rings (SSSR count). The van der Waals surface area contributed by atoms with Gasteiger partial charge in [0.15, 0.2) is 0 Å². The van der Waals surface area contributed by atoms with Gasteiger partial charge in [0.05, 0.1) is 0 Å².